The topological polar surface area (TPSA) is 72.5 Å². The molecule has 21 heavy (non-hydrogen) atoms. The van der Waals surface area contributed by atoms with Crippen molar-refractivity contribution in [3.05, 3.63) is 15.8 Å². The molecule has 5 nitrogen and oxygen atoms in total. The summed E-state index contributed by atoms with van der Waals surface area (Å²) in [7, 11) is -2.44. The molecule has 0 saturated carbocycles. The lowest BCUT2D eigenvalue weighted by Crippen LogP contribution is -2.32. The maximum Gasteiger partial charge on any atom is 0.349 e. The van der Waals surface area contributed by atoms with E-state index in [2.05, 4.69) is 9.46 Å². The Morgan fingerprint density at radius 3 is 2.86 bits per heavy atom. The number of carbonyl (C=O) groups excluding carboxylic acids is 1. The number of rotatable bonds is 5. The third-order valence-electron chi connectivity index (χ3n) is 3.33. The fourth-order valence-electron chi connectivity index (χ4n) is 2.24. The van der Waals surface area contributed by atoms with E-state index in [1.807, 2.05) is 0 Å². The lowest BCUT2D eigenvalue weighted by Gasteiger charge is -2.21. The molecule has 2 rings (SSSR count). The first-order valence-electron chi connectivity index (χ1n) is 6.73. The number of sulfonamides is 1. The average Bonchev–Trinajstić information content (AvgIpc) is 2.88. The van der Waals surface area contributed by atoms with Crippen LogP contribution in [-0.2, 0) is 14.8 Å². The minimum absolute atomic E-state index is 0.0557. The number of esters is 1. The number of thioether (sulfide) groups is 1. The van der Waals surface area contributed by atoms with Crippen LogP contribution in [0.15, 0.2) is 10.3 Å². The van der Waals surface area contributed by atoms with Gasteiger partial charge in [-0.1, -0.05) is 6.42 Å². The van der Waals surface area contributed by atoms with Crippen LogP contribution in [0.4, 0.5) is 0 Å². The lowest BCUT2D eigenvalue weighted by atomic mass is 10.2. The van der Waals surface area contributed by atoms with Crippen LogP contribution < -0.4 is 4.72 Å². The van der Waals surface area contributed by atoms with E-state index in [1.54, 1.807) is 24.1 Å². The van der Waals surface area contributed by atoms with Gasteiger partial charge in [0.2, 0.25) is 10.0 Å². The van der Waals surface area contributed by atoms with Crippen molar-refractivity contribution in [3.8, 4) is 0 Å². The zero-order chi connectivity index (χ0) is 15.5. The second-order valence-corrected chi connectivity index (χ2v) is 8.90. The van der Waals surface area contributed by atoms with Crippen LogP contribution in [0, 0.1) is 6.92 Å². The molecule has 1 aromatic heterocycles. The number of thiophene rings is 1. The number of methoxy groups -OCH3 is 1. The summed E-state index contributed by atoms with van der Waals surface area (Å²) in [5, 5.41) is 1.98. The minimum atomic E-state index is -3.69. The molecule has 1 saturated heterocycles. The Hall–Kier alpha value is -0.570. The van der Waals surface area contributed by atoms with Gasteiger partial charge in [-0.3, -0.25) is 0 Å². The van der Waals surface area contributed by atoms with Crippen LogP contribution in [0.3, 0.4) is 0 Å². The molecule has 1 aliphatic heterocycles. The van der Waals surface area contributed by atoms with Gasteiger partial charge in [-0.25, -0.2) is 17.9 Å². The monoisotopic (exact) mass is 349 g/mol. The van der Waals surface area contributed by atoms with E-state index in [4.69, 9.17) is 0 Å². The van der Waals surface area contributed by atoms with Crippen LogP contribution in [0.2, 0.25) is 0 Å². The van der Waals surface area contributed by atoms with E-state index < -0.39 is 16.0 Å². The lowest BCUT2D eigenvalue weighted by molar-refractivity contribution is 0.0602. The highest BCUT2D eigenvalue weighted by Gasteiger charge is 2.28. The van der Waals surface area contributed by atoms with E-state index in [0.717, 1.165) is 29.9 Å². The average molecular weight is 349 g/mol. The summed E-state index contributed by atoms with van der Waals surface area (Å²) in [6.07, 6.45) is 3.37. The first-order valence-corrected chi connectivity index (χ1v) is 10.1. The molecule has 1 aliphatic rings. The molecule has 2 heterocycles. The van der Waals surface area contributed by atoms with Gasteiger partial charge in [-0.2, -0.15) is 11.8 Å². The zero-order valence-corrected chi connectivity index (χ0v) is 14.5. The summed E-state index contributed by atoms with van der Waals surface area (Å²) < 4.78 is 32.2. The summed E-state index contributed by atoms with van der Waals surface area (Å²) in [6.45, 7) is 2.09. The second kappa shape index (κ2) is 7.13. The Balaban J connectivity index is 2.15. The van der Waals surface area contributed by atoms with E-state index in [9.17, 15) is 13.2 Å². The van der Waals surface area contributed by atoms with Gasteiger partial charge in [0.05, 0.1) is 7.11 Å². The molecular weight excluding hydrogens is 330 g/mol. The third-order valence-corrected chi connectivity index (χ3v) is 7.55. The molecule has 1 N–H and O–H groups in total. The predicted molar refractivity (Wildman–Crippen MR) is 85.7 cm³/mol. The van der Waals surface area contributed by atoms with E-state index in [1.165, 1.54) is 13.5 Å². The van der Waals surface area contributed by atoms with Crippen molar-refractivity contribution in [2.45, 2.75) is 36.3 Å². The summed E-state index contributed by atoms with van der Waals surface area (Å²) in [5.41, 5.74) is 0.573. The van der Waals surface area contributed by atoms with Crippen molar-refractivity contribution in [1.82, 2.24) is 4.72 Å². The van der Waals surface area contributed by atoms with Crippen LogP contribution in [0.25, 0.3) is 0 Å². The summed E-state index contributed by atoms with van der Waals surface area (Å²) in [6, 6.07) is 0. The van der Waals surface area contributed by atoms with E-state index in [-0.39, 0.29) is 9.77 Å². The van der Waals surface area contributed by atoms with Crippen molar-refractivity contribution >= 4 is 39.1 Å². The van der Waals surface area contributed by atoms with Crippen molar-refractivity contribution in [1.29, 1.82) is 0 Å². The van der Waals surface area contributed by atoms with Crippen LogP contribution in [0.5, 0.6) is 0 Å². The number of aryl methyl sites for hydroxylation is 1. The normalized spacial score (nSPS) is 19.4. The Kier molecular flexibility index (Phi) is 5.70. The third kappa shape index (κ3) is 4.00. The van der Waals surface area contributed by atoms with Crippen molar-refractivity contribution < 1.29 is 17.9 Å². The standard InChI is InChI=1S/C13H19NO4S3/c1-9-8-20-11(13(15)18-2)12(9)21(16,17)14-7-10-5-3-4-6-19-10/h8,10,14H,3-7H2,1-2H3. The molecule has 8 heteroatoms. The molecule has 0 aliphatic carbocycles. The van der Waals surface area contributed by atoms with E-state index in [0.29, 0.717) is 17.4 Å². The molecule has 0 bridgehead atoms. The van der Waals surface area contributed by atoms with Crippen LogP contribution >= 0.6 is 23.1 Å². The van der Waals surface area contributed by atoms with Crippen LogP contribution in [0.1, 0.15) is 34.5 Å². The fraction of sp³-hybridized carbons (Fsp3) is 0.615. The van der Waals surface area contributed by atoms with Gasteiger partial charge in [0.15, 0.2) is 0 Å². The van der Waals surface area contributed by atoms with E-state index >= 15 is 0 Å². The van der Waals surface area contributed by atoms with Crippen molar-refractivity contribution in [2.75, 3.05) is 19.4 Å². The maximum atomic E-state index is 12.5. The van der Waals surface area contributed by atoms with Gasteiger partial charge in [0.25, 0.3) is 0 Å². The first kappa shape index (κ1) is 16.8. The van der Waals surface area contributed by atoms with Gasteiger partial charge < -0.3 is 4.74 Å². The highest BCUT2D eigenvalue weighted by molar-refractivity contribution is 8.00. The molecule has 0 spiro atoms. The Morgan fingerprint density at radius 2 is 2.24 bits per heavy atom. The summed E-state index contributed by atoms with van der Waals surface area (Å²) in [5.74, 6) is 0.470. The molecule has 0 aromatic carbocycles. The maximum absolute atomic E-state index is 12.5. The minimum Gasteiger partial charge on any atom is -0.465 e. The highest BCUT2D eigenvalue weighted by Crippen LogP contribution is 2.28. The SMILES string of the molecule is COC(=O)c1scc(C)c1S(=O)(=O)NCC1CCCCS1. The largest absolute Gasteiger partial charge is 0.465 e. The molecule has 0 radical (unpaired) electrons. The molecule has 1 atom stereocenters. The van der Waals surface area contributed by atoms with Crippen molar-refractivity contribution in [3.63, 3.8) is 0 Å². The second-order valence-electron chi connectivity index (χ2n) is 4.91. The van der Waals surface area contributed by atoms with Gasteiger partial charge in [0, 0.05) is 11.8 Å². The molecule has 1 unspecified atom stereocenters. The first-order chi connectivity index (χ1) is 9.95. The molecule has 118 valence electrons. The number of hydrogen-bond acceptors (Lipinski definition) is 6. The molecule has 0 amide bonds. The Bertz CT molecular complexity index is 603. The molecule has 1 fully saturated rings. The van der Waals surface area contributed by atoms with Gasteiger partial charge in [-0.15, -0.1) is 11.3 Å². The summed E-state index contributed by atoms with van der Waals surface area (Å²) in [4.78, 5) is 11.9. The Labute approximate surface area is 133 Å². The van der Waals surface area contributed by atoms with Crippen molar-refractivity contribution in [2.24, 2.45) is 0 Å². The van der Waals surface area contributed by atoms with Gasteiger partial charge >= 0.3 is 5.97 Å². The number of nitrogens with one attached hydrogen (secondary N) is 1. The smallest absolute Gasteiger partial charge is 0.349 e. The highest BCUT2D eigenvalue weighted by atomic mass is 32.2. The van der Waals surface area contributed by atoms with Crippen LogP contribution in [-0.4, -0.2) is 39.0 Å². The Morgan fingerprint density at radius 1 is 1.48 bits per heavy atom. The fourth-order valence-corrected chi connectivity index (χ4v) is 6.37. The molecular formula is C13H19NO4S3. The predicted octanol–water partition coefficient (Wildman–Crippen LogP) is 2.41. The number of carbonyl (C=O) groups is 1. The van der Waals surface area contributed by atoms with Gasteiger partial charge in [-0.05, 0) is 36.5 Å². The summed E-state index contributed by atoms with van der Waals surface area (Å²) >= 11 is 2.90. The number of hydrogen-bond donors (Lipinski definition) is 1. The molecule has 1 aromatic rings. The quantitative estimate of drug-likeness (QED) is 0.827. The zero-order valence-electron chi connectivity index (χ0n) is 12.0. The van der Waals surface area contributed by atoms with Gasteiger partial charge in [0.1, 0.15) is 9.77 Å². The number of ether oxygens (including phenoxy) is 1.